The van der Waals surface area contributed by atoms with Crippen LogP contribution < -0.4 is 5.32 Å². The largest absolute Gasteiger partial charge is 0.357 e. The maximum absolute atomic E-state index is 4.76. The molecule has 0 spiro atoms. The Kier molecular flexibility index (Phi) is 6.46. The van der Waals surface area contributed by atoms with Crippen LogP contribution in [0.2, 0.25) is 0 Å². The van der Waals surface area contributed by atoms with Gasteiger partial charge in [-0.25, -0.2) is 4.99 Å². The number of aryl methyl sites for hydroxylation is 1. The summed E-state index contributed by atoms with van der Waals surface area (Å²) in [5.41, 5.74) is 0. The van der Waals surface area contributed by atoms with E-state index in [0.717, 1.165) is 43.3 Å². The Hall–Kier alpha value is -0.860. The molecule has 2 aliphatic rings. The van der Waals surface area contributed by atoms with Gasteiger partial charge in [-0.05, 0) is 31.6 Å². The molecule has 1 saturated carbocycles. The van der Waals surface area contributed by atoms with E-state index in [1.165, 1.54) is 25.7 Å². The molecule has 0 aromatic carbocycles. The molecule has 6 nitrogen and oxygen atoms in total. The molecule has 1 aromatic heterocycles. The van der Waals surface area contributed by atoms with Gasteiger partial charge < -0.3 is 14.8 Å². The molecule has 0 bridgehead atoms. The highest BCUT2D eigenvalue weighted by molar-refractivity contribution is 14.0. The number of nitrogens with one attached hydrogen (secondary N) is 1. The minimum absolute atomic E-state index is 0. The number of hydrogen-bond acceptors (Lipinski definition) is 3. The van der Waals surface area contributed by atoms with Crippen LogP contribution in [0.5, 0.6) is 0 Å². The van der Waals surface area contributed by atoms with Gasteiger partial charge in [-0.1, -0.05) is 12.8 Å². The van der Waals surface area contributed by atoms with E-state index >= 15 is 0 Å². The number of aliphatic imine (C=N–C) groups is 1. The normalized spacial score (nSPS) is 24.8. The number of guanidine groups is 1. The molecule has 2 fully saturated rings. The van der Waals surface area contributed by atoms with E-state index in [9.17, 15) is 0 Å². The van der Waals surface area contributed by atoms with Crippen LogP contribution in [0.3, 0.4) is 0 Å². The molecule has 2 unspecified atom stereocenters. The number of fused-ring (bicyclic) bond motifs is 1. The number of aromatic nitrogens is 3. The molecule has 1 N–H and O–H groups in total. The topological polar surface area (TPSA) is 58.3 Å². The van der Waals surface area contributed by atoms with Gasteiger partial charge in [0.25, 0.3) is 0 Å². The lowest BCUT2D eigenvalue weighted by Gasteiger charge is -2.22. The molecule has 1 aromatic rings. The maximum atomic E-state index is 4.76. The van der Waals surface area contributed by atoms with Crippen LogP contribution in [0.4, 0.5) is 0 Å². The van der Waals surface area contributed by atoms with Gasteiger partial charge in [0.1, 0.15) is 12.9 Å². The molecule has 2 atom stereocenters. The molecular formula is C15H27IN6. The van der Waals surface area contributed by atoms with Crippen molar-refractivity contribution in [2.75, 3.05) is 19.6 Å². The van der Waals surface area contributed by atoms with Crippen LogP contribution in [-0.2, 0) is 13.6 Å². The maximum Gasteiger partial charge on any atom is 0.194 e. The first-order valence-electron chi connectivity index (χ1n) is 8.14. The Morgan fingerprint density at radius 1 is 1.32 bits per heavy atom. The van der Waals surface area contributed by atoms with E-state index in [1.807, 2.05) is 11.6 Å². The Balaban J connectivity index is 0.00000176. The number of likely N-dealkylation sites (tertiary alicyclic amines) is 1. The minimum atomic E-state index is 0. The summed E-state index contributed by atoms with van der Waals surface area (Å²) in [6.45, 7) is 5.94. The third kappa shape index (κ3) is 3.91. The molecule has 22 heavy (non-hydrogen) atoms. The molecular weight excluding hydrogens is 391 g/mol. The fourth-order valence-electron chi connectivity index (χ4n) is 3.60. The number of halogens is 1. The minimum Gasteiger partial charge on any atom is -0.357 e. The zero-order chi connectivity index (χ0) is 14.7. The number of nitrogens with zero attached hydrogens (tertiary/aromatic N) is 5. The zero-order valence-corrected chi connectivity index (χ0v) is 15.9. The van der Waals surface area contributed by atoms with Crippen LogP contribution in [0.15, 0.2) is 11.3 Å². The smallest absolute Gasteiger partial charge is 0.194 e. The van der Waals surface area contributed by atoms with Gasteiger partial charge in [-0.3, -0.25) is 0 Å². The summed E-state index contributed by atoms with van der Waals surface area (Å²) < 4.78 is 1.93. The first-order valence-corrected chi connectivity index (χ1v) is 8.14. The number of rotatable bonds is 3. The second-order valence-electron chi connectivity index (χ2n) is 6.24. The highest BCUT2D eigenvalue weighted by Crippen LogP contribution is 2.35. The fraction of sp³-hybridized carbons (Fsp3) is 0.800. The predicted octanol–water partition coefficient (Wildman–Crippen LogP) is 2.02. The van der Waals surface area contributed by atoms with Crippen molar-refractivity contribution in [2.24, 2.45) is 23.9 Å². The third-order valence-electron chi connectivity index (χ3n) is 4.79. The molecule has 124 valence electrons. The fourth-order valence-corrected chi connectivity index (χ4v) is 3.60. The van der Waals surface area contributed by atoms with Gasteiger partial charge in [-0.2, -0.15) is 0 Å². The first kappa shape index (κ1) is 17.5. The lowest BCUT2D eigenvalue weighted by molar-refractivity contribution is 0.299. The highest BCUT2D eigenvalue weighted by Gasteiger charge is 2.35. The lowest BCUT2D eigenvalue weighted by atomic mass is 9.82. The van der Waals surface area contributed by atoms with Crippen molar-refractivity contribution in [3.05, 3.63) is 12.2 Å². The zero-order valence-electron chi connectivity index (χ0n) is 13.5. The molecule has 0 radical (unpaired) electrons. The Morgan fingerprint density at radius 3 is 2.55 bits per heavy atom. The van der Waals surface area contributed by atoms with E-state index < -0.39 is 0 Å². The van der Waals surface area contributed by atoms with Crippen molar-refractivity contribution in [2.45, 2.75) is 39.2 Å². The van der Waals surface area contributed by atoms with Crippen molar-refractivity contribution in [1.82, 2.24) is 25.0 Å². The summed E-state index contributed by atoms with van der Waals surface area (Å²) in [6.07, 6.45) is 7.32. The van der Waals surface area contributed by atoms with Crippen LogP contribution in [0, 0.1) is 11.8 Å². The van der Waals surface area contributed by atoms with Crippen molar-refractivity contribution >= 4 is 29.9 Å². The molecule has 1 aliphatic carbocycles. The van der Waals surface area contributed by atoms with Gasteiger partial charge in [0.15, 0.2) is 11.8 Å². The third-order valence-corrected chi connectivity index (χ3v) is 4.79. The predicted molar refractivity (Wildman–Crippen MR) is 98.3 cm³/mol. The van der Waals surface area contributed by atoms with Gasteiger partial charge in [0.05, 0.1) is 0 Å². The second-order valence-corrected chi connectivity index (χ2v) is 6.24. The van der Waals surface area contributed by atoms with E-state index in [2.05, 4.69) is 27.3 Å². The summed E-state index contributed by atoms with van der Waals surface area (Å²) in [4.78, 5) is 7.21. The van der Waals surface area contributed by atoms with Crippen LogP contribution in [0.1, 0.15) is 38.4 Å². The number of hydrogen-bond donors (Lipinski definition) is 1. The quantitative estimate of drug-likeness (QED) is 0.464. The molecule has 1 saturated heterocycles. The van der Waals surface area contributed by atoms with Crippen molar-refractivity contribution in [3.8, 4) is 0 Å². The van der Waals surface area contributed by atoms with Crippen LogP contribution in [0.25, 0.3) is 0 Å². The summed E-state index contributed by atoms with van der Waals surface area (Å²) in [5.74, 6) is 3.69. The SMILES string of the molecule is CCNC(=NCc1nncn1C)N1CC2CCCCC2C1.I. The molecule has 1 aliphatic heterocycles. The monoisotopic (exact) mass is 418 g/mol. The highest BCUT2D eigenvalue weighted by atomic mass is 127. The summed E-state index contributed by atoms with van der Waals surface area (Å²) in [6, 6.07) is 0. The average Bonchev–Trinajstić information content (AvgIpc) is 3.09. The van der Waals surface area contributed by atoms with Crippen molar-refractivity contribution < 1.29 is 0 Å². The molecule has 7 heteroatoms. The van der Waals surface area contributed by atoms with Crippen LogP contribution >= 0.6 is 24.0 Å². The van der Waals surface area contributed by atoms with E-state index in [1.54, 1.807) is 6.33 Å². The lowest BCUT2D eigenvalue weighted by Crippen LogP contribution is -2.40. The Bertz CT molecular complexity index is 486. The summed E-state index contributed by atoms with van der Waals surface area (Å²) in [5, 5.41) is 11.5. The molecule has 3 rings (SSSR count). The van der Waals surface area contributed by atoms with E-state index in [4.69, 9.17) is 4.99 Å². The Labute approximate surface area is 149 Å². The molecule has 2 heterocycles. The van der Waals surface area contributed by atoms with Gasteiger partial charge in [-0.15, -0.1) is 34.2 Å². The van der Waals surface area contributed by atoms with Gasteiger partial charge >= 0.3 is 0 Å². The average molecular weight is 418 g/mol. The van der Waals surface area contributed by atoms with E-state index in [-0.39, 0.29) is 24.0 Å². The first-order chi connectivity index (χ1) is 10.3. The summed E-state index contributed by atoms with van der Waals surface area (Å²) >= 11 is 0. The van der Waals surface area contributed by atoms with Gasteiger partial charge in [0, 0.05) is 26.7 Å². The van der Waals surface area contributed by atoms with E-state index in [0.29, 0.717) is 6.54 Å². The molecule has 0 amide bonds. The summed E-state index contributed by atoms with van der Waals surface area (Å²) in [7, 11) is 1.96. The standard InChI is InChI=1S/C15H26N6.HI/c1-3-16-15(17-8-14-19-18-11-20(14)2)21-9-12-6-4-5-7-13(12)10-21;/h11-13H,3-10H2,1-2H3,(H,16,17);1H. The van der Waals surface area contributed by atoms with Crippen molar-refractivity contribution in [3.63, 3.8) is 0 Å². The second kappa shape index (κ2) is 8.12. The van der Waals surface area contributed by atoms with Crippen LogP contribution in [-0.4, -0.2) is 45.3 Å². The Morgan fingerprint density at radius 2 is 2.00 bits per heavy atom. The van der Waals surface area contributed by atoms with Crippen molar-refractivity contribution in [1.29, 1.82) is 0 Å². The van der Waals surface area contributed by atoms with Gasteiger partial charge in [0.2, 0.25) is 0 Å².